The van der Waals surface area contributed by atoms with Crippen molar-refractivity contribution in [2.75, 3.05) is 7.11 Å². The molecule has 0 aromatic heterocycles. The lowest BCUT2D eigenvalue weighted by Gasteiger charge is -1.97. The van der Waals surface area contributed by atoms with Gasteiger partial charge in [0.25, 0.3) is 5.78 Å². The summed E-state index contributed by atoms with van der Waals surface area (Å²) in [7, 11) is 1.04. The Morgan fingerprint density at radius 3 is 2.33 bits per heavy atom. The Kier molecular flexibility index (Phi) is 4.66. The minimum Gasteiger partial charge on any atom is -0.460 e. The Balaban J connectivity index is 2.80. The SMILES string of the molecule is COC(=O)C(=[N+]=[N-])C(=O)CC(=O)c1ccccc1. The molecule has 92 valence electrons. The van der Waals surface area contributed by atoms with Crippen LogP contribution in [0.1, 0.15) is 16.8 Å². The van der Waals surface area contributed by atoms with E-state index < -0.39 is 29.7 Å². The number of ketones is 2. The number of carbonyl (C=O) groups excluding carboxylic acids is 3. The Hall–Kier alpha value is -2.59. The molecule has 0 radical (unpaired) electrons. The molecule has 0 heterocycles. The lowest BCUT2D eigenvalue weighted by molar-refractivity contribution is -0.139. The summed E-state index contributed by atoms with van der Waals surface area (Å²) < 4.78 is 4.25. The highest BCUT2D eigenvalue weighted by molar-refractivity contribution is 6.63. The van der Waals surface area contributed by atoms with E-state index in [1.165, 1.54) is 0 Å². The second kappa shape index (κ2) is 6.22. The van der Waals surface area contributed by atoms with Crippen molar-refractivity contribution in [2.45, 2.75) is 6.42 Å². The van der Waals surface area contributed by atoms with E-state index in [0.717, 1.165) is 7.11 Å². The van der Waals surface area contributed by atoms with Crippen LogP contribution in [0, 0.1) is 0 Å². The summed E-state index contributed by atoms with van der Waals surface area (Å²) in [6, 6.07) is 8.12. The van der Waals surface area contributed by atoms with Gasteiger partial charge in [0.1, 0.15) is 0 Å². The van der Waals surface area contributed by atoms with Crippen molar-refractivity contribution in [3.05, 3.63) is 41.4 Å². The molecule has 0 fully saturated rings. The number of esters is 1. The van der Waals surface area contributed by atoms with E-state index in [9.17, 15) is 14.4 Å². The van der Waals surface area contributed by atoms with Crippen molar-refractivity contribution >= 4 is 23.2 Å². The molecular weight excluding hydrogens is 236 g/mol. The van der Waals surface area contributed by atoms with Gasteiger partial charge in [-0.25, -0.2) is 4.79 Å². The van der Waals surface area contributed by atoms with Gasteiger partial charge >= 0.3 is 11.7 Å². The fourth-order valence-corrected chi connectivity index (χ4v) is 1.26. The molecule has 1 aromatic carbocycles. The fraction of sp³-hybridized carbons (Fsp3) is 0.167. The zero-order valence-electron chi connectivity index (χ0n) is 9.62. The standard InChI is InChI=1S/C12H10N2O4/c1-18-12(17)11(14-13)10(16)7-9(15)8-5-3-2-4-6-8/h2-6H,7H2,1H3. The first kappa shape index (κ1) is 13.5. The first-order chi connectivity index (χ1) is 8.60. The normalized spacial score (nSPS) is 9.17. The lowest BCUT2D eigenvalue weighted by Crippen LogP contribution is -2.28. The summed E-state index contributed by atoms with van der Waals surface area (Å²) in [5.74, 6) is -2.44. The number of methoxy groups -OCH3 is 1. The quantitative estimate of drug-likeness (QED) is 0.190. The van der Waals surface area contributed by atoms with Gasteiger partial charge in [-0.1, -0.05) is 30.3 Å². The molecule has 0 N–H and O–H groups in total. The summed E-state index contributed by atoms with van der Waals surface area (Å²) in [5.41, 5.74) is 8.09. The number of hydrogen-bond donors (Lipinski definition) is 0. The molecule has 0 saturated heterocycles. The van der Waals surface area contributed by atoms with E-state index >= 15 is 0 Å². The van der Waals surface area contributed by atoms with E-state index in [-0.39, 0.29) is 0 Å². The molecule has 18 heavy (non-hydrogen) atoms. The summed E-state index contributed by atoms with van der Waals surface area (Å²) in [5, 5.41) is 0. The number of nitrogens with zero attached hydrogens (tertiary/aromatic N) is 2. The molecule has 0 spiro atoms. The molecule has 0 amide bonds. The van der Waals surface area contributed by atoms with Crippen molar-refractivity contribution in [2.24, 2.45) is 0 Å². The number of carbonyl (C=O) groups is 3. The van der Waals surface area contributed by atoms with Crippen molar-refractivity contribution in [1.29, 1.82) is 0 Å². The maximum absolute atomic E-state index is 11.7. The molecule has 1 rings (SSSR count). The third-order valence-electron chi connectivity index (χ3n) is 2.16. The van der Waals surface area contributed by atoms with Gasteiger partial charge in [0.05, 0.1) is 13.5 Å². The number of ether oxygens (including phenoxy) is 1. The zero-order chi connectivity index (χ0) is 13.5. The Bertz CT molecular complexity index is 530. The molecular formula is C12H10N2O4. The summed E-state index contributed by atoms with van der Waals surface area (Å²) in [6.45, 7) is 0. The van der Waals surface area contributed by atoms with Crippen LogP contribution in [0.4, 0.5) is 0 Å². The van der Waals surface area contributed by atoms with Crippen molar-refractivity contribution in [1.82, 2.24) is 0 Å². The van der Waals surface area contributed by atoms with Crippen molar-refractivity contribution < 1.29 is 23.9 Å². The monoisotopic (exact) mass is 246 g/mol. The van der Waals surface area contributed by atoms with Crippen molar-refractivity contribution in [3.63, 3.8) is 0 Å². The zero-order valence-corrected chi connectivity index (χ0v) is 9.62. The topological polar surface area (TPSA) is 96.8 Å². The fourth-order valence-electron chi connectivity index (χ4n) is 1.26. The highest BCUT2D eigenvalue weighted by atomic mass is 16.5. The van der Waals surface area contributed by atoms with Gasteiger partial charge in [0, 0.05) is 5.56 Å². The average molecular weight is 246 g/mol. The number of rotatable bonds is 5. The van der Waals surface area contributed by atoms with Crippen LogP contribution in [-0.4, -0.2) is 35.1 Å². The number of benzene rings is 1. The maximum Gasteiger partial charge on any atom is 0.441 e. The molecule has 1 aromatic rings. The van der Waals surface area contributed by atoms with Gasteiger partial charge in [-0.15, -0.1) is 0 Å². The van der Waals surface area contributed by atoms with Gasteiger partial charge < -0.3 is 10.3 Å². The third kappa shape index (κ3) is 3.20. The van der Waals surface area contributed by atoms with E-state index in [4.69, 9.17) is 5.53 Å². The van der Waals surface area contributed by atoms with Gasteiger partial charge in [0.15, 0.2) is 5.78 Å². The molecule has 6 heteroatoms. The van der Waals surface area contributed by atoms with Gasteiger partial charge in [-0.05, 0) is 0 Å². The summed E-state index contributed by atoms with van der Waals surface area (Å²) in [6.07, 6.45) is -0.557. The molecule has 0 saturated carbocycles. The van der Waals surface area contributed by atoms with Gasteiger partial charge in [-0.3, -0.25) is 9.59 Å². The smallest absolute Gasteiger partial charge is 0.441 e. The molecule has 0 bridgehead atoms. The molecule has 0 unspecified atom stereocenters. The minimum absolute atomic E-state index is 0.341. The maximum atomic E-state index is 11.7. The third-order valence-corrected chi connectivity index (χ3v) is 2.16. The average Bonchev–Trinajstić information content (AvgIpc) is 2.40. The molecule has 0 aliphatic rings. The highest BCUT2D eigenvalue weighted by Gasteiger charge is 2.31. The second-order valence-corrected chi connectivity index (χ2v) is 3.33. The van der Waals surface area contributed by atoms with E-state index in [1.54, 1.807) is 30.3 Å². The second-order valence-electron chi connectivity index (χ2n) is 3.33. The predicted molar refractivity (Wildman–Crippen MR) is 61.0 cm³/mol. The summed E-state index contributed by atoms with van der Waals surface area (Å²) >= 11 is 0. The van der Waals surface area contributed by atoms with Crippen LogP contribution in [0.5, 0.6) is 0 Å². The van der Waals surface area contributed by atoms with Gasteiger partial charge in [-0.2, -0.15) is 4.79 Å². The van der Waals surface area contributed by atoms with E-state index in [2.05, 4.69) is 9.53 Å². The van der Waals surface area contributed by atoms with E-state index in [0.29, 0.717) is 5.56 Å². The van der Waals surface area contributed by atoms with Crippen LogP contribution in [0.25, 0.3) is 5.53 Å². The minimum atomic E-state index is -1.08. The number of Topliss-reactive ketones (excluding diaryl/α,β-unsaturated/α-hetero) is 2. The first-order valence-corrected chi connectivity index (χ1v) is 5.02. The van der Waals surface area contributed by atoms with Crippen LogP contribution in [-0.2, 0) is 14.3 Å². The van der Waals surface area contributed by atoms with Crippen LogP contribution in [0.15, 0.2) is 30.3 Å². The predicted octanol–water partition coefficient (Wildman–Crippen LogP) is 0.672. The number of hydrogen-bond acceptors (Lipinski definition) is 4. The largest absolute Gasteiger partial charge is 0.460 e. The molecule has 0 aliphatic heterocycles. The lowest BCUT2D eigenvalue weighted by atomic mass is 10.0. The van der Waals surface area contributed by atoms with Crippen LogP contribution >= 0.6 is 0 Å². The Labute approximate surface area is 103 Å². The molecule has 6 nitrogen and oxygen atoms in total. The van der Waals surface area contributed by atoms with Crippen molar-refractivity contribution in [3.8, 4) is 0 Å². The van der Waals surface area contributed by atoms with Crippen LogP contribution in [0.3, 0.4) is 0 Å². The van der Waals surface area contributed by atoms with Gasteiger partial charge in [0.2, 0.25) is 0 Å². The summed E-state index contributed by atoms with van der Waals surface area (Å²) in [4.78, 5) is 36.8. The van der Waals surface area contributed by atoms with E-state index in [1.807, 2.05) is 0 Å². The Morgan fingerprint density at radius 2 is 1.83 bits per heavy atom. The molecule has 0 aliphatic carbocycles. The van der Waals surface area contributed by atoms with Crippen LogP contribution in [0.2, 0.25) is 0 Å². The first-order valence-electron chi connectivity index (χ1n) is 5.02. The molecule has 0 atom stereocenters. The van der Waals surface area contributed by atoms with Crippen LogP contribution < -0.4 is 0 Å². The highest BCUT2D eigenvalue weighted by Crippen LogP contribution is 2.04. The Morgan fingerprint density at radius 1 is 1.22 bits per heavy atom.